The molecule has 0 saturated carbocycles. The number of imide groups is 1. The van der Waals surface area contributed by atoms with Gasteiger partial charge >= 0.3 is 0 Å². The van der Waals surface area contributed by atoms with Crippen molar-refractivity contribution in [3.05, 3.63) is 58.1 Å². The van der Waals surface area contributed by atoms with Crippen LogP contribution >= 0.6 is 23.2 Å². The number of para-hydroxylation sites is 1. The van der Waals surface area contributed by atoms with Gasteiger partial charge in [-0.3, -0.25) is 9.59 Å². The normalized spacial score (nSPS) is 17.5. The predicted molar refractivity (Wildman–Crippen MR) is 96.8 cm³/mol. The summed E-state index contributed by atoms with van der Waals surface area (Å²) >= 11 is 12.2. The molecule has 2 aromatic carbocycles. The van der Waals surface area contributed by atoms with E-state index in [0.717, 1.165) is 22.6 Å². The fourth-order valence-corrected chi connectivity index (χ4v) is 3.20. The number of benzene rings is 2. The minimum Gasteiger partial charge on any atom is -0.373 e. The van der Waals surface area contributed by atoms with Crippen LogP contribution in [0.3, 0.4) is 0 Å². The first-order valence-corrected chi connectivity index (χ1v) is 8.43. The van der Waals surface area contributed by atoms with Crippen LogP contribution in [0, 0.1) is 0 Å². The van der Waals surface area contributed by atoms with Crippen molar-refractivity contribution in [3.8, 4) is 0 Å². The highest BCUT2D eigenvalue weighted by Gasteiger charge is 2.40. The van der Waals surface area contributed by atoms with Crippen molar-refractivity contribution < 1.29 is 9.59 Å². The molecule has 1 saturated heterocycles. The Labute approximate surface area is 150 Å². The molecule has 2 amide bonds. The molecule has 124 valence electrons. The van der Waals surface area contributed by atoms with Gasteiger partial charge in [0.15, 0.2) is 0 Å². The summed E-state index contributed by atoms with van der Waals surface area (Å²) in [6.07, 6.45) is 0.918. The van der Waals surface area contributed by atoms with Crippen molar-refractivity contribution in [1.82, 2.24) is 0 Å². The lowest BCUT2D eigenvalue weighted by molar-refractivity contribution is -0.121. The zero-order chi connectivity index (χ0) is 17.3. The van der Waals surface area contributed by atoms with Crippen LogP contribution in [0.5, 0.6) is 0 Å². The number of nitrogens with zero attached hydrogens (tertiary/aromatic N) is 1. The van der Waals surface area contributed by atoms with Crippen molar-refractivity contribution in [2.24, 2.45) is 0 Å². The minimum absolute atomic E-state index is 0.0831. The van der Waals surface area contributed by atoms with Gasteiger partial charge in [0, 0.05) is 5.69 Å². The third kappa shape index (κ3) is 2.99. The Kier molecular flexibility index (Phi) is 4.78. The molecule has 0 aliphatic carbocycles. The molecule has 2 aromatic rings. The van der Waals surface area contributed by atoms with Gasteiger partial charge in [-0.05, 0) is 30.2 Å². The molecule has 1 N–H and O–H groups in total. The standard InChI is InChI=1S/C18H16Cl2N2O2/c1-2-11-6-3-4-8-13(11)21-14-10-16(23)22(18(14)24)15-9-5-7-12(19)17(15)20/h3-9,14,21H,2,10H2,1H3/t14-/m1/s1. The van der Waals surface area contributed by atoms with Gasteiger partial charge in [-0.1, -0.05) is 54.4 Å². The Balaban J connectivity index is 1.88. The average Bonchev–Trinajstić information content (AvgIpc) is 2.85. The Morgan fingerprint density at radius 1 is 1.12 bits per heavy atom. The Morgan fingerprint density at radius 2 is 1.88 bits per heavy atom. The van der Waals surface area contributed by atoms with E-state index in [1.165, 1.54) is 0 Å². The van der Waals surface area contributed by atoms with Crippen molar-refractivity contribution >= 4 is 46.4 Å². The summed E-state index contributed by atoms with van der Waals surface area (Å²) in [6, 6.07) is 12.0. The summed E-state index contributed by atoms with van der Waals surface area (Å²) in [4.78, 5) is 26.2. The van der Waals surface area contributed by atoms with Crippen LogP contribution in [0.25, 0.3) is 0 Å². The van der Waals surface area contributed by atoms with Crippen LogP contribution in [0.4, 0.5) is 11.4 Å². The molecule has 0 aromatic heterocycles. The average molecular weight is 363 g/mol. The van der Waals surface area contributed by atoms with Crippen molar-refractivity contribution in [2.45, 2.75) is 25.8 Å². The summed E-state index contributed by atoms with van der Waals surface area (Å²) in [6.45, 7) is 2.04. The van der Waals surface area contributed by atoms with E-state index in [2.05, 4.69) is 5.32 Å². The van der Waals surface area contributed by atoms with E-state index in [9.17, 15) is 9.59 Å². The van der Waals surface area contributed by atoms with Crippen molar-refractivity contribution in [2.75, 3.05) is 10.2 Å². The number of carbonyl (C=O) groups is 2. The molecule has 1 fully saturated rings. The second-order valence-corrected chi connectivity index (χ2v) is 6.34. The Hall–Kier alpha value is -2.04. The second kappa shape index (κ2) is 6.83. The van der Waals surface area contributed by atoms with E-state index < -0.39 is 6.04 Å². The molecule has 4 nitrogen and oxygen atoms in total. The van der Waals surface area contributed by atoms with Gasteiger partial charge in [0.2, 0.25) is 5.91 Å². The molecule has 0 unspecified atom stereocenters. The summed E-state index contributed by atoms with van der Waals surface area (Å²) in [5.41, 5.74) is 2.29. The Bertz CT molecular complexity index is 807. The van der Waals surface area contributed by atoms with E-state index >= 15 is 0 Å². The van der Waals surface area contributed by atoms with Crippen molar-refractivity contribution in [3.63, 3.8) is 0 Å². The molecule has 1 aliphatic heterocycles. The second-order valence-electron chi connectivity index (χ2n) is 5.55. The van der Waals surface area contributed by atoms with E-state index in [0.29, 0.717) is 10.7 Å². The van der Waals surface area contributed by atoms with E-state index in [1.807, 2.05) is 31.2 Å². The lowest BCUT2D eigenvalue weighted by atomic mass is 10.1. The molecule has 0 radical (unpaired) electrons. The quantitative estimate of drug-likeness (QED) is 0.824. The third-order valence-electron chi connectivity index (χ3n) is 4.05. The fourth-order valence-electron chi connectivity index (χ4n) is 2.82. The summed E-state index contributed by atoms with van der Waals surface area (Å²) in [7, 11) is 0. The lowest BCUT2D eigenvalue weighted by Gasteiger charge is -2.18. The van der Waals surface area contributed by atoms with Crippen LogP contribution in [0.15, 0.2) is 42.5 Å². The summed E-state index contributed by atoms with van der Waals surface area (Å²) in [5, 5.41) is 3.70. The highest BCUT2D eigenvalue weighted by atomic mass is 35.5. The van der Waals surface area contributed by atoms with Crippen LogP contribution in [0.1, 0.15) is 18.9 Å². The first kappa shape index (κ1) is 16.8. The van der Waals surface area contributed by atoms with Crippen LogP contribution in [-0.2, 0) is 16.0 Å². The Morgan fingerprint density at radius 3 is 2.62 bits per heavy atom. The number of nitrogens with one attached hydrogen (secondary N) is 1. The molecule has 1 heterocycles. The zero-order valence-corrected chi connectivity index (χ0v) is 14.6. The van der Waals surface area contributed by atoms with Gasteiger partial charge in [0.05, 0.1) is 22.2 Å². The van der Waals surface area contributed by atoms with Gasteiger partial charge in [-0.2, -0.15) is 0 Å². The maximum Gasteiger partial charge on any atom is 0.256 e. The van der Waals surface area contributed by atoms with Gasteiger partial charge < -0.3 is 5.32 Å². The zero-order valence-electron chi connectivity index (χ0n) is 13.1. The lowest BCUT2D eigenvalue weighted by Crippen LogP contribution is -2.35. The maximum atomic E-state index is 12.7. The third-order valence-corrected chi connectivity index (χ3v) is 4.86. The largest absolute Gasteiger partial charge is 0.373 e. The predicted octanol–water partition coefficient (Wildman–Crippen LogP) is 4.30. The van der Waals surface area contributed by atoms with Gasteiger partial charge in [-0.25, -0.2) is 4.90 Å². The number of halogens is 2. The van der Waals surface area contributed by atoms with Crippen molar-refractivity contribution in [1.29, 1.82) is 0 Å². The number of rotatable bonds is 4. The summed E-state index contributed by atoms with van der Waals surface area (Å²) < 4.78 is 0. The topological polar surface area (TPSA) is 49.4 Å². The van der Waals surface area contributed by atoms with Crippen LogP contribution < -0.4 is 10.2 Å². The van der Waals surface area contributed by atoms with Crippen LogP contribution in [-0.4, -0.2) is 17.9 Å². The van der Waals surface area contributed by atoms with E-state index in [-0.39, 0.29) is 23.3 Å². The van der Waals surface area contributed by atoms with Gasteiger partial charge in [0.1, 0.15) is 6.04 Å². The SMILES string of the molecule is CCc1ccccc1N[C@@H]1CC(=O)N(c2cccc(Cl)c2Cl)C1=O. The number of carbonyl (C=O) groups excluding carboxylic acids is 2. The first-order chi connectivity index (χ1) is 11.5. The number of anilines is 2. The molecular formula is C18H16Cl2N2O2. The fraction of sp³-hybridized carbons (Fsp3) is 0.222. The number of hydrogen-bond donors (Lipinski definition) is 1. The number of hydrogen-bond acceptors (Lipinski definition) is 3. The van der Waals surface area contributed by atoms with E-state index in [4.69, 9.17) is 23.2 Å². The monoisotopic (exact) mass is 362 g/mol. The summed E-state index contributed by atoms with van der Waals surface area (Å²) in [5.74, 6) is -0.620. The molecule has 1 aliphatic rings. The highest BCUT2D eigenvalue weighted by molar-refractivity contribution is 6.45. The highest BCUT2D eigenvalue weighted by Crippen LogP contribution is 2.35. The van der Waals surface area contributed by atoms with Gasteiger partial charge in [0.25, 0.3) is 5.91 Å². The molecule has 3 rings (SSSR count). The smallest absolute Gasteiger partial charge is 0.256 e. The molecule has 0 bridgehead atoms. The van der Waals surface area contributed by atoms with Crippen LogP contribution in [0.2, 0.25) is 10.0 Å². The molecule has 1 atom stereocenters. The number of amides is 2. The first-order valence-electron chi connectivity index (χ1n) is 7.68. The van der Waals surface area contributed by atoms with Gasteiger partial charge in [-0.15, -0.1) is 0 Å². The van der Waals surface area contributed by atoms with E-state index in [1.54, 1.807) is 18.2 Å². The molecule has 0 spiro atoms. The molecule has 24 heavy (non-hydrogen) atoms. The number of aryl methyl sites for hydroxylation is 1. The maximum absolute atomic E-state index is 12.7. The minimum atomic E-state index is -0.611. The molecule has 6 heteroatoms. The molecular weight excluding hydrogens is 347 g/mol.